The van der Waals surface area contributed by atoms with Crippen LogP contribution < -0.4 is 5.32 Å². The van der Waals surface area contributed by atoms with Gasteiger partial charge in [0.1, 0.15) is 11.6 Å². The number of ether oxygens (including phenoxy) is 1. The zero-order chi connectivity index (χ0) is 11.8. The van der Waals surface area contributed by atoms with Gasteiger partial charge in [0.15, 0.2) is 0 Å². The Bertz CT molecular complexity index is 565. The average Bonchev–Trinajstić information content (AvgIpc) is 2.88. The fourth-order valence-electron chi connectivity index (χ4n) is 2.06. The number of hydrogen-bond acceptors (Lipinski definition) is 3. The van der Waals surface area contributed by atoms with E-state index >= 15 is 0 Å². The molecule has 1 aromatic heterocycles. The van der Waals surface area contributed by atoms with Crippen LogP contribution in [0.4, 0.5) is 10.2 Å². The number of benzene rings is 1. The van der Waals surface area contributed by atoms with Crippen molar-refractivity contribution >= 4 is 5.82 Å². The molecule has 0 radical (unpaired) electrons. The first-order valence-electron chi connectivity index (χ1n) is 5.42. The predicted molar refractivity (Wildman–Crippen MR) is 61.6 cm³/mol. The summed E-state index contributed by atoms with van der Waals surface area (Å²) in [6.07, 6.45) is 0. The van der Waals surface area contributed by atoms with Crippen molar-refractivity contribution in [1.29, 1.82) is 0 Å². The molecular weight excluding hydrogens is 221 g/mol. The van der Waals surface area contributed by atoms with Gasteiger partial charge in [-0.3, -0.25) is 0 Å². The third kappa shape index (κ3) is 1.59. The Kier molecular flexibility index (Phi) is 2.33. The van der Waals surface area contributed by atoms with Gasteiger partial charge in [-0.15, -0.1) is 0 Å². The van der Waals surface area contributed by atoms with Crippen LogP contribution in [0.1, 0.15) is 11.3 Å². The number of hydrogen-bond donors (Lipinski definition) is 1. The van der Waals surface area contributed by atoms with E-state index in [2.05, 4.69) is 10.4 Å². The Labute approximate surface area is 98.0 Å². The van der Waals surface area contributed by atoms with E-state index in [1.165, 1.54) is 12.1 Å². The van der Waals surface area contributed by atoms with Gasteiger partial charge in [-0.1, -0.05) is 6.07 Å². The lowest BCUT2D eigenvalue weighted by Crippen LogP contribution is -2.04. The summed E-state index contributed by atoms with van der Waals surface area (Å²) in [7, 11) is 1.82. The minimum absolute atomic E-state index is 0.267. The molecule has 0 spiro atoms. The third-order valence-corrected chi connectivity index (χ3v) is 2.84. The molecule has 3 rings (SSSR count). The Morgan fingerprint density at radius 3 is 3.06 bits per heavy atom. The first kappa shape index (κ1) is 10.3. The summed E-state index contributed by atoms with van der Waals surface area (Å²) < 4.78 is 20.2. The fraction of sp³-hybridized carbons (Fsp3) is 0.250. The topological polar surface area (TPSA) is 39.1 Å². The number of anilines is 1. The summed E-state index contributed by atoms with van der Waals surface area (Å²) in [5, 5.41) is 7.53. The van der Waals surface area contributed by atoms with Gasteiger partial charge in [-0.05, 0) is 18.2 Å². The van der Waals surface area contributed by atoms with Gasteiger partial charge >= 0.3 is 0 Å². The second kappa shape index (κ2) is 3.85. The number of halogens is 1. The molecule has 0 aliphatic carbocycles. The summed E-state index contributed by atoms with van der Waals surface area (Å²) in [5.74, 6) is 0.597. The highest BCUT2D eigenvalue weighted by Crippen LogP contribution is 2.29. The first-order valence-corrected chi connectivity index (χ1v) is 5.42. The lowest BCUT2D eigenvalue weighted by molar-refractivity contribution is 0.131. The van der Waals surface area contributed by atoms with E-state index in [9.17, 15) is 4.39 Å². The molecule has 1 N–H and O–H groups in total. The minimum atomic E-state index is -0.267. The van der Waals surface area contributed by atoms with Crippen molar-refractivity contribution in [2.75, 3.05) is 12.4 Å². The molecule has 0 unspecified atom stereocenters. The molecule has 1 aliphatic rings. The molecule has 1 aliphatic heterocycles. The molecule has 5 heteroatoms. The molecule has 0 amide bonds. The van der Waals surface area contributed by atoms with Crippen LogP contribution in [0.15, 0.2) is 24.3 Å². The normalized spacial score (nSPS) is 13.8. The number of fused-ring (bicyclic) bond motifs is 1. The zero-order valence-corrected chi connectivity index (χ0v) is 9.40. The largest absolute Gasteiger partial charge is 0.373 e. The molecule has 0 saturated carbocycles. The van der Waals surface area contributed by atoms with Crippen LogP contribution in [0, 0.1) is 5.82 Å². The summed E-state index contributed by atoms with van der Waals surface area (Å²) in [6.45, 7) is 1.08. The Hall–Kier alpha value is -1.88. The monoisotopic (exact) mass is 233 g/mol. The van der Waals surface area contributed by atoms with Crippen molar-refractivity contribution in [1.82, 2.24) is 9.78 Å². The first-order chi connectivity index (χ1) is 8.29. The second-order valence-corrected chi connectivity index (χ2v) is 3.91. The van der Waals surface area contributed by atoms with E-state index in [0.29, 0.717) is 18.9 Å². The third-order valence-electron chi connectivity index (χ3n) is 2.84. The smallest absolute Gasteiger partial charge is 0.135 e. The number of nitrogens with one attached hydrogen (secondary N) is 1. The number of nitrogens with zero attached hydrogens (tertiary/aromatic N) is 2. The van der Waals surface area contributed by atoms with Crippen LogP contribution in [-0.2, 0) is 18.0 Å². The molecule has 0 atom stereocenters. The molecule has 0 saturated heterocycles. The summed E-state index contributed by atoms with van der Waals surface area (Å²) in [4.78, 5) is 0. The number of rotatable bonds is 2. The van der Waals surface area contributed by atoms with Gasteiger partial charge in [-0.25, -0.2) is 9.07 Å². The summed E-state index contributed by atoms with van der Waals surface area (Å²) >= 11 is 0. The van der Waals surface area contributed by atoms with Crippen molar-refractivity contribution in [3.63, 3.8) is 0 Å². The maximum absolute atomic E-state index is 13.2. The number of aromatic nitrogens is 2. The lowest BCUT2D eigenvalue weighted by Gasteiger charge is -2.08. The van der Waals surface area contributed by atoms with Gasteiger partial charge in [0.2, 0.25) is 0 Å². The highest BCUT2D eigenvalue weighted by Gasteiger charge is 2.22. The molecule has 17 heavy (non-hydrogen) atoms. The zero-order valence-electron chi connectivity index (χ0n) is 9.40. The molecule has 88 valence electrons. The maximum atomic E-state index is 13.2. The van der Waals surface area contributed by atoms with Gasteiger partial charge < -0.3 is 10.1 Å². The predicted octanol–water partition coefficient (Wildman–Crippen LogP) is 2.08. The van der Waals surface area contributed by atoms with Crippen LogP contribution in [-0.4, -0.2) is 16.8 Å². The standard InChI is InChI=1S/C12H12FN3O/c1-14-12-10-6-17-7-11(10)15-16(12)9-4-2-3-8(13)5-9/h2-5,14H,6-7H2,1H3. The Balaban J connectivity index is 2.15. The molecule has 2 aromatic rings. The van der Waals surface area contributed by atoms with E-state index < -0.39 is 0 Å². The van der Waals surface area contributed by atoms with Crippen molar-refractivity contribution < 1.29 is 9.13 Å². The average molecular weight is 233 g/mol. The Morgan fingerprint density at radius 1 is 1.41 bits per heavy atom. The molecule has 2 heterocycles. The van der Waals surface area contributed by atoms with Crippen LogP contribution in [0.25, 0.3) is 5.69 Å². The Morgan fingerprint density at radius 2 is 2.29 bits per heavy atom. The van der Waals surface area contributed by atoms with Crippen molar-refractivity contribution in [2.45, 2.75) is 13.2 Å². The van der Waals surface area contributed by atoms with Gasteiger partial charge in [0, 0.05) is 12.6 Å². The molecule has 0 bridgehead atoms. The highest BCUT2D eigenvalue weighted by molar-refractivity contribution is 5.53. The summed E-state index contributed by atoms with van der Waals surface area (Å²) in [6, 6.07) is 6.38. The maximum Gasteiger partial charge on any atom is 0.135 e. The van der Waals surface area contributed by atoms with Gasteiger partial charge in [0.05, 0.1) is 24.6 Å². The van der Waals surface area contributed by atoms with E-state index in [1.54, 1.807) is 10.7 Å². The second-order valence-electron chi connectivity index (χ2n) is 3.91. The van der Waals surface area contributed by atoms with Crippen LogP contribution >= 0.6 is 0 Å². The van der Waals surface area contributed by atoms with E-state index in [4.69, 9.17) is 4.74 Å². The highest BCUT2D eigenvalue weighted by atomic mass is 19.1. The fourth-order valence-corrected chi connectivity index (χ4v) is 2.06. The van der Waals surface area contributed by atoms with E-state index in [-0.39, 0.29) is 5.82 Å². The quantitative estimate of drug-likeness (QED) is 0.863. The van der Waals surface area contributed by atoms with Crippen LogP contribution in [0.3, 0.4) is 0 Å². The van der Waals surface area contributed by atoms with Crippen molar-refractivity contribution in [3.8, 4) is 5.69 Å². The molecule has 4 nitrogen and oxygen atoms in total. The van der Waals surface area contributed by atoms with Gasteiger partial charge in [0.25, 0.3) is 0 Å². The van der Waals surface area contributed by atoms with Gasteiger partial charge in [-0.2, -0.15) is 5.10 Å². The SMILES string of the molecule is CNc1c2c(nn1-c1cccc(F)c1)COC2. The van der Waals surface area contributed by atoms with Crippen LogP contribution in [0.5, 0.6) is 0 Å². The molecular formula is C12H12FN3O. The van der Waals surface area contributed by atoms with Crippen LogP contribution in [0.2, 0.25) is 0 Å². The van der Waals surface area contributed by atoms with E-state index in [0.717, 1.165) is 17.1 Å². The lowest BCUT2D eigenvalue weighted by atomic mass is 10.2. The molecule has 1 aromatic carbocycles. The van der Waals surface area contributed by atoms with E-state index in [1.807, 2.05) is 13.1 Å². The molecule has 0 fully saturated rings. The minimum Gasteiger partial charge on any atom is -0.373 e. The van der Waals surface area contributed by atoms with Crippen molar-refractivity contribution in [2.24, 2.45) is 0 Å². The van der Waals surface area contributed by atoms with Crippen molar-refractivity contribution in [3.05, 3.63) is 41.3 Å². The summed E-state index contributed by atoms with van der Waals surface area (Å²) in [5.41, 5.74) is 2.68.